The number of thiazole rings is 1. The average Bonchev–Trinajstić information content (AvgIpc) is 3.50. The zero-order valence-electron chi connectivity index (χ0n) is 24.5. The average molecular weight is 632 g/mol. The van der Waals surface area contributed by atoms with Gasteiger partial charge in [-0.05, 0) is 43.5 Å². The maximum Gasteiger partial charge on any atom is 0.434 e. The van der Waals surface area contributed by atoms with Gasteiger partial charge in [0.25, 0.3) is 0 Å². The Morgan fingerprint density at radius 2 is 1.91 bits per heavy atom. The number of halogens is 3. The first-order valence-corrected chi connectivity index (χ1v) is 14.9. The molecule has 3 heterocycles. The van der Waals surface area contributed by atoms with E-state index < -0.39 is 35.3 Å². The van der Waals surface area contributed by atoms with Gasteiger partial charge in [-0.25, -0.2) is 19.6 Å². The van der Waals surface area contributed by atoms with E-state index in [4.69, 9.17) is 4.74 Å². The summed E-state index contributed by atoms with van der Waals surface area (Å²) in [5.41, 5.74) is -0.460. The van der Waals surface area contributed by atoms with Crippen molar-refractivity contribution in [3.8, 4) is 21.7 Å². The van der Waals surface area contributed by atoms with Gasteiger partial charge in [0.1, 0.15) is 16.4 Å². The minimum Gasteiger partial charge on any atom is -0.462 e. The number of hydrogen-bond donors (Lipinski definition) is 3. The quantitative estimate of drug-likeness (QED) is 0.180. The highest BCUT2D eigenvalue weighted by Crippen LogP contribution is 2.39. The molecule has 2 amide bonds. The number of nitrogens with one attached hydrogen (secondary N) is 2. The lowest BCUT2D eigenvalue weighted by Crippen LogP contribution is -2.28. The van der Waals surface area contributed by atoms with E-state index in [0.717, 1.165) is 16.7 Å². The van der Waals surface area contributed by atoms with E-state index in [1.165, 1.54) is 24.5 Å². The number of esters is 1. The van der Waals surface area contributed by atoms with Crippen LogP contribution in [0, 0.1) is 5.92 Å². The minimum absolute atomic E-state index is 0.0172. The third kappa shape index (κ3) is 6.76. The maximum absolute atomic E-state index is 13.7. The van der Waals surface area contributed by atoms with Crippen LogP contribution in [-0.4, -0.2) is 51.4 Å². The Hall–Kier alpha value is -4.30. The number of anilines is 1. The first-order chi connectivity index (χ1) is 20.9. The molecule has 0 aliphatic carbocycles. The van der Waals surface area contributed by atoms with Gasteiger partial charge in [0.2, 0.25) is 5.43 Å². The fraction of sp³-hybridized carbons (Fsp3) is 0.367. The predicted molar refractivity (Wildman–Crippen MR) is 162 cm³/mol. The lowest BCUT2D eigenvalue weighted by molar-refractivity contribution is -0.140. The van der Waals surface area contributed by atoms with E-state index in [1.54, 1.807) is 30.5 Å². The Morgan fingerprint density at radius 1 is 1.16 bits per heavy atom. The highest BCUT2D eigenvalue weighted by atomic mass is 32.1. The van der Waals surface area contributed by atoms with Crippen molar-refractivity contribution in [2.24, 2.45) is 5.92 Å². The summed E-state index contributed by atoms with van der Waals surface area (Å²) in [6.45, 7) is 7.39. The molecule has 1 aromatic carbocycles. The highest BCUT2D eigenvalue weighted by molar-refractivity contribution is 7.13. The molecule has 0 aliphatic heterocycles. The molecule has 0 bridgehead atoms. The molecule has 0 aliphatic rings. The molecule has 10 nitrogen and oxygen atoms in total. The molecule has 4 aromatic rings. The summed E-state index contributed by atoms with van der Waals surface area (Å²) in [7, 11) is 0. The van der Waals surface area contributed by atoms with Crippen LogP contribution in [0.15, 0.2) is 46.8 Å². The Labute approximate surface area is 254 Å². The number of aliphatic hydroxyl groups is 1. The molecule has 0 fully saturated rings. The van der Waals surface area contributed by atoms with E-state index in [0.29, 0.717) is 29.6 Å². The van der Waals surface area contributed by atoms with Crippen molar-refractivity contribution in [1.29, 1.82) is 0 Å². The van der Waals surface area contributed by atoms with Crippen LogP contribution in [0.5, 0.6) is 0 Å². The fourth-order valence-corrected chi connectivity index (χ4v) is 5.60. The normalized spacial score (nSPS) is 13.0. The van der Waals surface area contributed by atoms with Crippen LogP contribution in [0.25, 0.3) is 32.6 Å². The number of aromatic nitrogens is 3. The summed E-state index contributed by atoms with van der Waals surface area (Å²) in [5.74, 6) is -0.760. The largest absolute Gasteiger partial charge is 0.462 e. The molecule has 3 N–H and O–H groups in total. The number of ether oxygens (including phenoxy) is 1. The van der Waals surface area contributed by atoms with Crippen LogP contribution >= 0.6 is 11.3 Å². The number of fused-ring (bicyclic) bond motifs is 1. The van der Waals surface area contributed by atoms with Gasteiger partial charge >= 0.3 is 18.2 Å². The van der Waals surface area contributed by atoms with Crippen molar-refractivity contribution in [3.05, 3.63) is 63.5 Å². The lowest BCUT2D eigenvalue weighted by atomic mass is 9.96. The molecule has 3 aromatic heterocycles. The van der Waals surface area contributed by atoms with Crippen molar-refractivity contribution < 1.29 is 32.6 Å². The summed E-state index contributed by atoms with van der Waals surface area (Å²) in [6, 6.07) is 5.24. The molecule has 0 saturated heterocycles. The molecule has 44 heavy (non-hydrogen) atoms. The Morgan fingerprint density at radius 3 is 2.52 bits per heavy atom. The van der Waals surface area contributed by atoms with Crippen molar-refractivity contribution in [2.75, 3.05) is 25.1 Å². The van der Waals surface area contributed by atoms with Gasteiger partial charge in [-0.1, -0.05) is 26.3 Å². The number of pyridine rings is 2. The van der Waals surface area contributed by atoms with Crippen molar-refractivity contribution in [2.45, 2.75) is 46.3 Å². The van der Waals surface area contributed by atoms with E-state index in [9.17, 15) is 32.7 Å². The molecule has 14 heteroatoms. The first-order valence-electron chi connectivity index (χ1n) is 14.0. The summed E-state index contributed by atoms with van der Waals surface area (Å²) in [5, 5.41) is 16.4. The van der Waals surface area contributed by atoms with Gasteiger partial charge in [-0.3, -0.25) is 10.1 Å². The topological polar surface area (TPSA) is 135 Å². The monoisotopic (exact) mass is 631 g/mol. The Balaban J connectivity index is 1.97. The van der Waals surface area contributed by atoms with Gasteiger partial charge in [0.15, 0.2) is 5.69 Å². The van der Waals surface area contributed by atoms with Gasteiger partial charge in [-0.2, -0.15) is 13.2 Å². The molecule has 0 radical (unpaired) electrons. The third-order valence-corrected chi connectivity index (χ3v) is 8.07. The number of urea groups is 1. The number of rotatable bonds is 10. The number of carbonyl (C=O) groups is 2. The summed E-state index contributed by atoms with van der Waals surface area (Å²) in [6.07, 6.45) is -1.18. The number of aliphatic hydroxyl groups excluding tert-OH is 1. The van der Waals surface area contributed by atoms with Gasteiger partial charge < -0.3 is 19.7 Å². The zero-order chi connectivity index (χ0) is 32.2. The highest BCUT2D eigenvalue weighted by Gasteiger charge is 2.34. The smallest absolute Gasteiger partial charge is 0.434 e. The predicted octanol–water partition coefficient (Wildman–Crippen LogP) is 6.10. The van der Waals surface area contributed by atoms with E-state index in [1.807, 2.05) is 13.8 Å². The lowest BCUT2D eigenvalue weighted by Gasteiger charge is -2.26. The molecular formula is C30H32F3N5O5S. The molecular weight excluding hydrogens is 599 g/mol. The van der Waals surface area contributed by atoms with Crippen molar-refractivity contribution in [1.82, 2.24) is 19.9 Å². The Bertz CT molecular complexity index is 1740. The van der Waals surface area contributed by atoms with Crippen molar-refractivity contribution >= 4 is 40.1 Å². The van der Waals surface area contributed by atoms with Crippen LogP contribution in [0.3, 0.4) is 0 Å². The molecule has 0 unspecified atom stereocenters. The zero-order valence-corrected chi connectivity index (χ0v) is 25.3. The third-order valence-electron chi connectivity index (χ3n) is 7.19. The standard InChI is InChI=1S/C30H32F3N5O5S/c1-5-16(4)23(14-39)38-13-21(28(41)43-7-3)26(40)19-10-17(8-9-22(19)38)20-12-35-25(37-29(42)34-6-2)11-18(20)27-36-24(15-44-27)30(31,32)33/h8-13,15-16,23,39H,5-7,14H2,1-4H3,(H2,34,35,37,42)/t16-,23+/m0/s1. The van der Waals surface area contributed by atoms with E-state index in [2.05, 4.69) is 20.6 Å². The molecule has 0 saturated carbocycles. The first kappa shape index (κ1) is 32.6. The molecule has 234 valence electrons. The number of amides is 2. The molecule has 0 spiro atoms. The maximum atomic E-state index is 13.7. The number of hydrogen-bond acceptors (Lipinski definition) is 8. The van der Waals surface area contributed by atoms with E-state index in [-0.39, 0.29) is 46.5 Å². The van der Waals surface area contributed by atoms with Gasteiger partial charge in [-0.15, -0.1) is 11.3 Å². The summed E-state index contributed by atoms with van der Waals surface area (Å²) < 4.78 is 47.1. The SMILES string of the molecule is CCNC(=O)Nc1cc(-c2nc(C(F)(F)F)cs2)c(-c2ccc3c(c2)c(=O)c(C(=O)OCC)cn3[C@H](CO)[C@@H](C)CC)cn1. The van der Waals surface area contributed by atoms with Crippen LogP contribution in [-0.2, 0) is 10.9 Å². The number of nitrogens with zero attached hydrogens (tertiary/aromatic N) is 3. The van der Waals surface area contributed by atoms with Crippen molar-refractivity contribution in [3.63, 3.8) is 0 Å². The molecule has 2 atom stereocenters. The second-order valence-electron chi connectivity index (χ2n) is 10.0. The summed E-state index contributed by atoms with van der Waals surface area (Å²) >= 11 is 0.768. The number of benzene rings is 1. The van der Waals surface area contributed by atoms with Gasteiger partial charge in [0.05, 0.1) is 24.8 Å². The van der Waals surface area contributed by atoms with E-state index >= 15 is 0 Å². The second kappa shape index (κ2) is 13.6. The van der Waals surface area contributed by atoms with Crippen LogP contribution in [0.1, 0.15) is 56.2 Å². The van der Waals surface area contributed by atoms with Crippen LogP contribution in [0.2, 0.25) is 0 Å². The van der Waals surface area contributed by atoms with Crippen LogP contribution < -0.4 is 16.1 Å². The second-order valence-corrected chi connectivity index (χ2v) is 10.9. The van der Waals surface area contributed by atoms with Crippen LogP contribution in [0.4, 0.5) is 23.8 Å². The number of carbonyl (C=O) groups excluding carboxylic acids is 2. The Kier molecular flexibility index (Phi) is 10.0. The minimum atomic E-state index is -4.67. The fourth-order valence-electron chi connectivity index (χ4n) is 4.75. The molecule has 4 rings (SSSR count). The van der Waals surface area contributed by atoms with Gasteiger partial charge in [0, 0.05) is 40.8 Å². The summed E-state index contributed by atoms with van der Waals surface area (Å²) in [4.78, 5) is 46.7. The number of alkyl halides is 3.